The van der Waals surface area contributed by atoms with Gasteiger partial charge in [-0.1, -0.05) is 29.3 Å². The van der Waals surface area contributed by atoms with Crippen molar-refractivity contribution in [3.8, 4) is 5.69 Å². The minimum atomic E-state index is -0.504. The molecule has 2 aromatic carbocycles. The van der Waals surface area contributed by atoms with Gasteiger partial charge in [0.1, 0.15) is 0 Å². The highest BCUT2D eigenvalue weighted by Crippen LogP contribution is 2.26. The molecule has 0 aliphatic rings. The van der Waals surface area contributed by atoms with Crippen LogP contribution >= 0.6 is 35.4 Å². The molecule has 2 nitrogen and oxygen atoms in total. The lowest BCUT2D eigenvalue weighted by molar-refractivity contribution is 0.619. The highest BCUT2D eigenvalue weighted by atomic mass is 35.5. The Balaban J connectivity index is 2.40. The molecule has 0 saturated carbocycles. The lowest BCUT2D eigenvalue weighted by Crippen LogP contribution is -1.98. The van der Waals surface area contributed by atoms with E-state index in [0.717, 1.165) is 11.0 Å². The topological polar surface area (TPSA) is 20.7 Å². The molecule has 19 heavy (non-hydrogen) atoms. The maximum Gasteiger partial charge on any atom is 0.182 e. The first kappa shape index (κ1) is 12.7. The van der Waals surface area contributed by atoms with Crippen molar-refractivity contribution in [1.82, 2.24) is 9.55 Å². The van der Waals surface area contributed by atoms with E-state index >= 15 is 0 Å². The number of imidazole rings is 1. The molecule has 0 atom stereocenters. The second kappa shape index (κ2) is 4.63. The molecule has 0 fully saturated rings. The Morgan fingerprint density at radius 1 is 1.16 bits per heavy atom. The molecule has 3 rings (SSSR count). The first-order chi connectivity index (χ1) is 9.08. The molecule has 1 aromatic heterocycles. The third-order valence-corrected chi connectivity index (χ3v) is 3.63. The minimum Gasteiger partial charge on any atom is -0.330 e. The molecule has 0 aliphatic heterocycles. The van der Waals surface area contributed by atoms with Crippen molar-refractivity contribution in [2.45, 2.75) is 0 Å². The lowest BCUT2D eigenvalue weighted by atomic mass is 10.2. The molecule has 96 valence electrons. The Bertz CT molecular complexity index is 838. The van der Waals surface area contributed by atoms with Crippen LogP contribution in [0.5, 0.6) is 0 Å². The van der Waals surface area contributed by atoms with E-state index in [1.54, 1.807) is 34.9 Å². The number of halogens is 3. The average Bonchev–Trinajstić information content (AvgIpc) is 2.68. The normalized spacial score (nSPS) is 11.1. The summed E-state index contributed by atoms with van der Waals surface area (Å²) >= 11 is 17.0. The summed E-state index contributed by atoms with van der Waals surface area (Å²) in [6.45, 7) is 0. The maximum absolute atomic E-state index is 14.1. The van der Waals surface area contributed by atoms with Gasteiger partial charge in [-0.15, -0.1) is 0 Å². The van der Waals surface area contributed by atoms with Crippen LogP contribution in [0.4, 0.5) is 4.39 Å². The number of nitrogens with one attached hydrogen (secondary N) is 1. The van der Waals surface area contributed by atoms with Crippen LogP contribution in [-0.2, 0) is 0 Å². The summed E-state index contributed by atoms with van der Waals surface area (Å²) < 4.78 is 16.1. The highest BCUT2D eigenvalue weighted by Gasteiger charge is 2.12. The Morgan fingerprint density at radius 2 is 1.95 bits per heavy atom. The van der Waals surface area contributed by atoms with Crippen LogP contribution in [0.1, 0.15) is 0 Å². The Labute approximate surface area is 123 Å². The van der Waals surface area contributed by atoms with Crippen molar-refractivity contribution < 1.29 is 4.39 Å². The van der Waals surface area contributed by atoms with Gasteiger partial charge in [0.15, 0.2) is 10.6 Å². The van der Waals surface area contributed by atoms with Crippen molar-refractivity contribution in [1.29, 1.82) is 0 Å². The number of aromatic amines is 1. The van der Waals surface area contributed by atoms with E-state index in [-0.39, 0.29) is 5.02 Å². The zero-order valence-electron chi connectivity index (χ0n) is 9.45. The smallest absolute Gasteiger partial charge is 0.182 e. The van der Waals surface area contributed by atoms with E-state index in [2.05, 4.69) is 4.98 Å². The number of rotatable bonds is 1. The van der Waals surface area contributed by atoms with Crippen molar-refractivity contribution in [3.05, 3.63) is 57.0 Å². The molecule has 6 heteroatoms. The summed E-state index contributed by atoms with van der Waals surface area (Å²) in [6, 6.07) is 10.0. The molecule has 0 spiro atoms. The summed E-state index contributed by atoms with van der Waals surface area (Å²) in [5.41, 5.74) is 1.80. The van der Waals surface area contributed by atoms with Crippen LogP contribution in [0.25, 0.3) is 16.7 Å². The van der Waals surface area contributed by atoms with E-state index in [0.29, 0.717) is 15.5 Å². The summed E-state index contributed by atoms with van der Waals surface area (Å²) in [5.74, 6) is -0.504. The second-order valence-corrected chi connectivity index (χ2v) is 5.23. The molecular formula is C13H7Cl2FN2S. The van der Waals surface area contributed by atoms with Crippen LogP contribution in [0.3, 0.4) is 0 Å². The largest absolute Gasteiger partial charge is 0.330 e. The summed E-state index contributed by atoms with van der Waals surface area (Å²) in [4.78, 5) is 3.00. The number of nitrogens with zero attached hydrogens (tertiary/aromatic N) is 1. The summed E-state index contributed by atoms with van der Waals surface area (Å²) in [7, 11) is 0. The SMILES string of the molecule is Fc1c(Cl)cccc1-n1c(=S)[nH]c2cc(Cl)ccc21. The highest BCUT2D eigenvalue weighted by molar-refractivity contribution is 7.71. The molecule has 1 heterocycles. The van der Waals surface area contributed by atoms with Gasteiger partial charge in [-0.3, -0.25) is 4.57 Å². The molecular weight excluding hydrogens is 306 g/mol. The predicted molar refractivity (Wildman–Crippen MR) is 78.4 cm³/mol. The van der Waals surface area contributed by atoms with Gasteiger partial charge in [-0.05, 0) is 42.5 Å². The second-order valence-electron chi connectivity index (χ2n) is 4.00. The molecule has 0 amide bonds. The lowest BCUT2D eigenvalue weighted by Gasteiger charge is -2.07. The molecule has 3 aromatic rings. The van der Waals surface area contributed by atoms with E-state index < -0.39 is 5.82 Å². The van der Waals surface area contributed by atoms with Crippen LogP contribution in [-0.4, -0.2) is 9.55 Å². The summed E-state index contributed by atoms with van der Waals surface area (Å²) in [5, 5.41) is 0.644. The van der Waals surface area contributed by atoms with E-state index in [4.69, 9.17) is 35.4 Å². The van der Waals surface area contributed by atoms with Crippen LogP contribution in [0, 0.1) is 10.6 Å². The Morgan fingerprint density at radius 3 is 2.74 bits per heavy atom. The van der Waals surface area contributed by atoms with Gasteiger partial charge in [0, 0.05) is 5.02 Å². The fourth-order valence-electron chi connectivity index (χ4n) is 1.99. The van der Waals surface area contributed by atoms with Gasteiger partial charge < -0.3 is 4.98 Å². The molecule has 0 aliphatic carbocycles. The van der Waals surface area contributed by atoms with Crippen LogP contribution in [0.15, 0.2) is 36.4 Å². The van der Waals surface area contributed by atoms with Crippen molar-refractivity contribution >= 4 is 46.5 Å². The van der Waals surface area contributed by atoms with Crippen LogP contribution in [0.2, 0.25) is 10.0 Å². The van der Waals surface area contributed by atoms with Crippen molar-refractivity contribution in [2.24, 2.45) is 0 Å². The molecule has 0 bridgehead atoms. The molecule has 0 unspecified atom stereocenters. The number of fused-ring (bicyclic) bond motifs is 1. The van der Waals surface area contributed by atoms with E-state index in [1.165, 1.54) is 6.07 Å². The average molecular weight is 313 g/mol. The Hall–Kier alpha value is -1.36. The number of benzene rings is 2. The monoisotopic (exact) mass is 312 g/mol. The fraction of sp³-hybridized carbons (Fsp3) is 0. The Kier molecular flexibility index (Phi) is 3.09. The number of hydrogen-bond donors (Lipinski definition) is 1. The zero-order valence-corrected chi connectivity index (χ0v) is 11.8. The van der Waals surface area contributed by atoms with Gasteiger partial charge in [0.25, 0.3) is 0 Å². The maximum atomic E-state index is 14.1. The number of aromatic nitrogens is 2. The first-order valence-corrected chi connectivity index (χ1v) is 6.59. The van der Waals surface area contributed by atoms with Crippen LogP contribution < -0.4 is 0 Å². The predicted octanol–water partition coefficient (Wildman–Crippen LogP) is 5.13. The van der Waals surface area contributed by atoms with Gasteiger partial charge in [-0.25, -0.2) is 4.39 Å². The third kappa shape index (κ3) is 2.06. The number of hydrogen-bond acceptors (Lipinski definition) is 1. The third-order valence-electron chi connectivity index (χ3n) is 2.82. The summed E-state index contributed by atoms with van der Waals surface area (Å²) in [6.07, 6.45) is 0. The molecule has 0 saturated heterocycles. The molecule has 1 N–H and O–H groups in total. The quantitative estimate of drug-likeness (QED) is 0.617. The van der Waals surface area contributed by atoms with Crippen molar-refractivity contribution in [2.75, 3.05) is 0 Å². The van der Waals surface area contributed by atoms with E-state index in [9.17, 15) is 4.39 Å². The number of H-pyrrole nitrogens is 1. The van der Waals surface area contributed by atoms with Crippen molar-refractivity contribution in [3.63, 3.8) is 0 Å². The van der Waals surface area contributed by atoms with E-state index in [1.807, 2.05) is 0 Å². The zero-order chi connectivity index (χ0) is 13.6. The van der Waals surface area contributed by atoms with Gasteiger partial charge >= 0.3 is 0 Å². The fourth-order valence-corrected chi connectivity index (χ4v) is 2.64. The molecule has 0 radical (unpaired) electrons. The first-order valence-electron chi connectivity index (χ1n) is 5.42. The minimum absolute atomic E-state index is 0.0581. The van der Waals surface area contributed by atoms with Gasteiger partial charge in [0.2, 0.25) is 0 Å². The van der Waals surface area contributed by atoms with Gasteiger partial charge in [0.05, 0.1) is 21.7 Å². The van der Waals surface area contributed by atoms with Gasteiger partial charge in [-0.2, -0.15) is 0 Å². The standard InChI is InChI=1S/C13H7Cl2FN2S/c14-7-4-5-10-9(6-7)17-13(19)18(10)11-3-1-2-8(15)12(11)16/h1-6H,(H,17,19).